The number of aryl methyl sites for hydroxylation is 2. The van der Waals surface area contributed by atoms with Crippen molar-refractivity contribution in [2.24, 2.45) is 7.05 Å². The number of methoxy groups -OCH3 is 2. The van der Waals surface area contributed by atoms with E-state index in [1.807, 2.05) is 0 Å². The monoisotopic (exact) mass is 814 g/mol. The molecule has 2 aromatic heterocycles. The number of allylic oxidation sites excluding steroid dienone is 3. The molecule has 1 aliphatic carbocycles. The second-order valence-corrected chi connectivity index (χ2v) is 14.6. The van der Waals surface area contributed by atoms with Crippen LogP contribution in [0, 0.1) is 0 Å². The number of phenolic OH excluding ortho intramolecular Hbond substituents is 1. The molecule has 1 saturated heterocycles. The van der Waals surface area contributed by atoms with Gasteiger partial charge in [-0.15, -0.1) is 29.8 Å². The van der Waals surface area contributed by atoms with E-state index in [2.05, 4.69) is 27.5 Å². The summed E-state index contributed by atoms with van der Waals surface area (Å²) >= 11 is 17.8. The van der Waals surface area contributed by atoms with Gasteiger partial charge in [0.25, 0.3) is 17.4 Å². The molecule has 0 radical (unpaired) electrons. The summed E-state index contributed by atoms with van der Waals surface area (Å²) in [5, 5.41) is 11.5. The zero-order valence-corrected chi connectivity index (χ0v) is 31.4. The summed E-state index contributed by atoms with van der Waals surface area (Å²) in [5.41, 5.74) is 0.280. The topological polar surface area (TPSA) is 160 Å². The van der Waals surface area contributed by atoms with Crippen LogP contribution in [-0.2, 0) is 42.6 Å². The van der Waals surface area contributed by atoms with E-state index in [0.29, 0.717) is 40.1 Å². The van der Waals surface area contributed by atoms with E-state index in [1.165, 1.54) is 28.2 Å². The Morgan fingerprint density at radius 2 is 1.79 bits per heavy atom. The number of benzene rings is 2. The first-order valence-corrected chi connectivity index (χ1v) is 18.1. The number of halogens is 3. The quantitative estimate of drug-likeness (QED) is 0.116. The van der Waals surface area contributed by atoms with Gasteiger partial charge < -0.3 is 19.1 Å². The second kappa shape index (κ2) is 12.8. The molecule has 2 aliphatic heterocycles. The van der Waals surface area contributed by atoms with E-state index >= 15 is 0 Å². The molecule has 0 spiro atoms. The molecule has 17 heteroatoms. The predicted molar refractivity (Wildman–Crippen MR) is 196 cm³/mol. The van der Waals surface area contributed by atoms with Crippen molar-refractivity contribution >= 4 is 62.0 Å². The number of alkyl halides is 3. The highest BCUT2D eigenvalue weighted by Gasteiger charge is 2.75. The summed E-state index contributed by atoms with van der Waals surface area (Å²) in [6.07, 6.45) is 3.24. The molecule has 1 saturated carbocycles. The Kier molecular flexibility index (Phi) is 8.82. The first kappa shape index (κ1) is 35.8. The molecule has 4 unspecified atom stereocenters. The van der Waals surface area contributed by atoms with E-state index in [4.69, 9.17) is 32.7 Å². The van der Waals surface area contributed by atoms with E-state index in [9.17, 15) is 29.1 Å². The summed E-state index contributed by atoms with van der Waals surface area (Å²) in [5.74, 6) is -2.01. The van der Waals surface area contributed by atoms with Crippen LogP contribution in [0.5, 0.6) is 17.2 Å². The lowest BCUT2D eigenvalue weighted by molar-refractivity contribution is -0.138. The number of nitrogens with zero attached hydrogens (tertiary/aromatic N) is 6. The van der Waals surface area contributed by atoms with E-state index < -0.39 is 50.5 Å². The highest BCUT2D eigenvalue weighted by molar-refractivity contribution is 9.09. The maximum atomic E-state index is 14.3. The Morgan fingerprint density at radius 3 is 2.46 bits per heavy atom. The van der Waals surface area contributed by atoms with Gasteiger partial charge in [0, 0.05) is 50.0 Å². The fraction of sp³-hybridized carbons (Fsp3) is 0.371. The lowest BCUT2D eigenvalue weighted by Gasteiger charge is -2.49. The Hall–Kier alpha value is -4.60. The lowest BCUT2D eigenvalue weighted by atomic mass is 9.64. The van der Waals surface area contributed by atoms with Crippen molar-refractivity contribution in [3.63, 3.8) is 0 Å². The molecule has 0 bridgehead atoms. The zero-order chi connectivity index (χ0) is 37.4. The SMILES string of the molecule is C=CCc1cccc(C2C3=CCn4c(=O)n(CCc5nc6cc(OC)c(OC)cc6n(C)c5=O)c(=O)n4C3CC3(Cl)C(=O)N(CBr)C(=O)C23Cl)c1O. The number of amides is 2. The van der Waals surface area contributed by atoms with Crippen LogP contribution >= 0.6 is 39.1 Å². The predicted octanol–water partition coefficient (Wildman–Crippen LogP) is 3.10. The van der Waals surface area contributed by atoms with Crippen molar-refractivity contribution in [3.8, 4) is 17.2 Å². The average Bonchev–Trinajstić information content (AvgIpc) is 3.46. The minimum absolute atomic E-state index is 0.0644. The largest absolute Gasteiger partial charge is 0.507 e. The number of aromatic nitrogens is 5. The zero-order valence-electron chi connectivity index (χ0n) is 28.3. The first-order chi connectivity index (χ1) is 24.8. The van der Waals surface area contributed by atoms with Gasteiger partial charge >= 0.3 is 11.4 Å². The Bertz CT molecular complexity index is 2430. The maximum Gasteiger partial charge on any atom is 0.347 e. The number of para-hydroxylation sites is 1. The van der Waals surface area contributed by atoms with Crippen molar-refractivity contribution in [2.75, 3.05) is 19.7 Å². The van der Waals surface area contributed by atoms with Crippen LogP contribution in [0.3, 0.4) is 0 Å². The molecule has 14 nitrogen and oxygen atoms in total. The number of fused-ring (bicyclic) bond motifs is 5. The van der Waals surface area contributed by atoms with Gasteiger partial charge in [0.15, 0.2) is 21.2 Å². The Balaban J connectivity index is 1.33. The third-order valence-electron chi connectivity index (χ3n) is 10.4. The van der Waals surface area contributed by atoms with Crippen molar-refractivity contribution in [3.05, 3.63) is 103 Å². The fourth-order valence-corrected chi connectivity index (χ4v) is 9.25. The number of ether oxygens (including phenoxy) is 2. The standard InChI is InChI=1S/C35H33BrCl2N6O8/c1-5-7-18-8-6-9-20(28(18)45)27-19-10-13-43-32(49)41(12-11-21-29(46)40(2)23-15-26(52-4)25(51-3)14-22(23)39-21)33(50)44(43)24(19)16-34(37)30(47)42(17-36)31(48)35(27,34)38/h5-6,8-10,14-15,24,27,45H,1,7,11-13,16-17H2,2-4H3. The van der Waals surface area contributed by atoms with Crippen molar-refractivity contribution in [2.45, 2.75) is 54.1 Å². The smallest absolute Gasteiger partial charge is 0.347 e. The van der Waals surface area contributed by atoms with E-state index in [0.717, 1.165) is 9.47 Å². The van der Waals surface area contributed by atoms with Crippen molar-refractivity contribution in [1.82, 2.24) is 28.4 Å². The van der Waals surface area contributed by atoms with Crippen LogP contribution in [0.1, 0.15) is 35.2 Å². The molecule has 4 heterocycles. The minimum Gasteiger partial charge on any atom is -0.507 e. The number of aromatic hydroxyl groups is 1. The van der Waals surface area contributed by atoms with Gasteiger partial charge in [-0.25, -0.2) is 28.5 Å². The fourth-order valence-electron chi connectivity index (χ4n) is 7.85. The van der Waals surface area contributed by atoms with Crippen LogP contribution in [0.25, 0.3) is 11.0 Å². The van der Waals surface area contributed by atoms with Crippen LogP contribution in [0.2, 0.25) is 0 Å². The molecule has 4 atom stereocenters. The molecule has 2 fully saturated rings. The molecule has 2 aromatic carbocycles. The lowest BCUT2D eigenvalue weighted by Crippen LogP contribution is -2.59. The number of carbonyl (C=O) groups is 2. The average molecular weight is 816 g/mol. The Morgan fingerprint density at radius 1 is 1.08 bits per heavy atom. The van der Waals surface area contributed by atoms with Crippen LogP contribution in [0.15, 0.2) is 69.0 Å². The normalized spacial score (nSPS) is 23.7. The van der Waals surface area contributed by atoms with Crippen LogP contribution in [-0.4, -0.2) is 74.7 Å². The van der Waals surface area contributed by atoms with Crippen LogP contribution in [0.4, 0.5) is 0 Å². The van der Waals surface area contributed by atoms with Gasteiger partial charge in [0.2, 0.25) is 0 Å². The third kappa shape index (κ3) is 4.81. The van der Waals surface area contributed by atoms with Crippen molar-refractivity contribution in [1.29, 1.82) is 0 Å². The molecular weight excluding hydrogens is 783 g/mol. The number of likely N-dealkylation sites (tertiary alicyclic amines) is 1. The van der Waals surface area contributed by atoms with E-state index in [-0.39, 0.29) is 48.4 Å². The number of imide groups is 1. The van der Waals surface area contributed by atoms with Crippen molar-refractivity contribution < 1.29 is 24.2 Å². The minimum atomic E-state index is -2.09. The van der Waals surface area contributed by atoms with Crippen LogP contribution < -0.4 is 26.4 Å². The van der Waals surface area contributed by atoms with Gasteiger partial charge in [-0.1, -0.05) is 46.3 Å². The summed E-state index contributed by atoms with van der Waals surface area (Å²) in [4.78, 5) is 70.8. The number of hydrogen-bond acceptors (Lipinski definition) is 9. The molecule has 4 aromatic rings. The molecule has 7 rings (SSSR count). The number of carbonyl (C=O) groups excluding carboxylic acids is 2. The number of rotatable bonds is 9. The molecular formula is C35H33BrCl2N6O8. The van der Waals surface area contributed by atoms with E-state index in [1.54, 1.807) is 49.5 Å². The molecule has 272 valence electrons. The molecule has 1 N–H and O–H groups in total. The molecule has 3 aliphatic rings. The molecule has 52 heavy (non-hydrogen) atoms. The summed E-state index contributed by atoms with van der Waals surface area (Å²) in [7, 11) is 4.55. The third-order valence-corrected chi connectivity index (χ3v) is 12.3. The first-order valence-electron chi connectivity index (χ1n) is 16.2. The summed E-state index contributed by atoms with van der Waals surface area (Å²) in [6.45, 7) is 3.48. The summed E-state index contributed by atoms with van der Waals surface area (Å²) in [6, 6.07) is 7.26. The number of phenols is 1. The maximum absolute atomic E-state index is 14.3. The highest BCUT2D eigenvalue weighted by atomic mass is 79.9. The molecule has 2 amide bonds. The Labute approximate surface area is 314 Å². The van der Waals surface area contributed by atoms with Gasteiger partial charge in [-0.3, -0.25) is 19.3 Å². The van der Waals surface area contributed by atoms with Gasteiger partial charge in [-0.2, -0.15) is 0 Å². The van der Waals surface area contributed by atoms with Gasteiger partial charge in [-0.05, 0) is 17.6 Å². The number of hydrogen-bond donors (Lipinski definition) is 1. The summed E-state index contributed by atoms with van der Waals surface area (Å²) < 4.78 is 15.6. The van der Waals surface area contributed by atoms with Gasteiger partial charge in [0.05, 0.1) is 43.3 Å². The van der Waals surface area contributed by atoms with Gasteiger partial charge in [0.1, 0.15) is 11.4 Å². The second-order valence-electron chi connectivity index (χ2n) is 12.9. The highest BCUT2D eigenvalue weighted by Crippen LogP contribution is 2.64.